The van der Waals surface area contributed by atoms with Crippen molar-refractivity contribution in [3.05, 3.63) is 52.8 Å². The van der Waals surface area contributed by atoms with Crippen LogP contribution in [0.1, 0.15) is 54.6 Å². The van der Waals surface area contributed by atoms with E-state index in [0.717, 1.165) is 41.5 Å². The van der Waals surface area contributed by atoms with Crippen LogP contribution < -0.4 is 5.32 Å². The first-order valence-electron chi connectivity index (χ1n) is 9.74. The van der Waals surface area contributed by atoms with Crippen molar-refractivity contribution in [3.63, 3.8) is 0 Å². The van der Waals surface area contributed by atoms with Gasteiger partial charge in [-0.1, -0.05) is 54.9 Å². The van der Waals surface area contributed by atoms with Crippen molar-refractivity contribution in [3.8, 4) is 0 Å². The molecule has 1 heterocycles. The molecule has 1 aliphatic carbocycles. The van der Waals surface area contributed by atoms with E-state index in [4.69, 9.17) is 0 Å². The summed E-state index contributed by atoms with van der Waals surface area (Å²) < 4.78 is 0. The Balaban J connectivity index is 1.60. The van der Waals surface area contributed by atoms with Crippen LogP contribution in [-0.4, -0.2) is 28.7 Å². The molecular weight excluding hydrogens is 354 g/mol. The lowest BCUT2D eigenvalue weighted by molar-refractivity contribution is -0.121. The monoisotopic (exact) mass is 383 g/mol. The summed E-state index contributed by atoms with van der Waals surface area (Å²) in [5.74, 6) is 0.116. The molecule has 2 aromatic rings. The van der Waals surface area contributed by atoms with Crippen molar-refractivity contribution >= 4 is 17.7 Å². The second-order valence-corrected chi connectivity index (χ2v) is 8.26. The van der Waals surface area contributed by atoms with Crippen molar-refractivity contribution in [2.24, 2.45) is 0 Å². The highest BCUT2D eigenvalue weighted by Gasteiger charge is 2.35. The number of aryl methyl sites for hydroxylation is 2. The van der Waals surface area contributed by atoms with Gasteiger partial charge >= 0.3 is 0 Å². The molecular formula is C22H29N3OS. The van der Waals surface area contributed by atoms with Gasteiger partial charge in [-0.2, -0.15) is 0 Å². The van der Waals surface area contributed by atoms with E-state index in [0.29, 0.717) is 12.8 Å². The number of rotatable bonds is 7. The number of carbonyl (C=O) groups excluding carboxylic acids is 1. The molecule has 0 bridgehead atoms. The highest BCUT2D eigenvalue weighted by atomic mass is 32.2. The van der Waals surface area contributed by atoms with Crippen LogP contribution in [0.15, 0.2) is 35.5 Å². The van der Waals surface area contributed by atoms with Crippen LogP contribution in [0, 0.1) is 13.8 Å². The number of aromatic nitrogens is 2. The van der Waals surface area contributed by atoms with Crippen LogP contribution in [-0.2, 0) is 16.6 Å². The number of carbonyl (C=O) groups is 1. The summed E-state index contributed by atoms with van der Waals surface area (Å²) in [4.78, 5) is 21.6. The Morgan fingerprint density at radius 2 is 1.74 bits per heavy atom. The number of hydrogen-bond donors (Lipinski definition) is 1. The zero-order valence-corrected chi connectivity index (χ0v) is 17.4. The fraction of sp³-hybridized carbons (Fsp3) is 0.500. The van der Waals surface area contributed by atoms with Crippen molar-refractivity contribution in [2.45, 2.75) is 62.9 Å². The number of amides is 1. The molecule has 0 saturated heterocycles. The molecule has 4 nitrogen and oxygen atoms in total. The van der Waals surface area contributed by atoms with Crippen LogP contribution in [0.5, 0.6) is 0 Å². The van der Waals surface area contributed by atoms with Crippen molar-refractivity contribution in [2.75, 3.05) is 12.8 Å². The summed E-state index contributed by atoms with van der Waals surface area (Å²) in [6, 6.07) is 10.7. The third-order valence-corrected chi connectivity index (χ3v) is 6.30. The van der Waals surface area contributed by atoms with Crippen LogP contribution in [0.4, 0.5) is 0 Å². The van der Waals surface area contributed by atoms with Crippen LogP contribution >= 0.6 is 11.8 Å². The van der Waals surface area contributed by atoms with E-state index in [9.17, 15) is 4.79 Å². The summed E-state index contributed by atoms with van der Waals surface area (Å²) in [6.07, 6.45) is 7.93. The molecule has 144 valence electrons. The Kier molecular flexibility index (Phi) is 6.53. The second kappa shape index (κ2) is 8.87. The average Bonchev–Trinajstić information content (AvgIpc) is 3.16. The van der Waals surface area contributed by atoms with Gasteiger partial charge in [-0.25, -0.2) is 9.97 Å². The Morgan fingerprint density at radius 1 is 1.11 bits per heavy atom. The molecule has 1 saturated carbocycles. The van der Waals surface area contributed by atoms with Gasteiger partial charge in [-0.3, -0.25) is 4.79 Å². The normalized spacial score (nSPS) is 15.7. The van der Waals surface area contributed by atoms with Crippen molar-refractivity contribution in [1.29, 1.82) is 0 Å². The maximum Gasteiger partial charge on any atom is 0.220 e. The zero-order chi connectivity index (χ0) is 19.3. The maximum absolute atomic E-state index is 12.5. The van der Waals surface area contributed by atoms with Crippen LogP contribution in [0.2, 0.25) is 0 Å². The molecule has 5 heteroatoms. The Hall–Kier alpha value is -1.88. The lowest BCUT2D eigenvalue weighted by atomic mass is 9.79. The van der Waals surface area contributed by atoms with E-state index in [-0.39, 0.29) is 11.3 Å². The molecule has 1 aromatic heterocycles. The minimum absolute atomic E-state index is 0.103. The summed E-state index contributed by atoms with van der Waals surface area (Å²) >= 11 is 1.55. The van der Waals surface area contributed by atoms with Crippen LogP contribution in [0.3, 0.4) is 0 Å². The second-order valence-electron chi connectivity index (χ2n) is 7.49. The summed E-state index contributed by atoms with van der Waals surface area (Å²) in [7, 11) is 0. The molecule has 0 aliphatic heterocycles. The van der Waals surface area contributed by atoms with Gasteiger partial charge in [-0.05, 0) is 50.5 Å². The topological polar surface area (TPSA) is 54.9 Å². The lowest BCUT2D eigenvalue weighted by Gasteiger charge is -2.30. The molecule has 0 atom stereocenters. The molecule has 27 heavy (non-hydrogen) atoms. The Morgan fingerprint density at radius 3 is 2.33 bits per heavy atom. The van der Waals surface area contributed by atoms with E-state index < -0.39 is 0 Å². The first-order chi connectivity index (χ1) is 13.0. The van der Waals surface area contributed by atoms with Gasteiger partial charge in [0.15, 0.2) is 5.16 Å². The van der Waals surface area contributed by atoms with Gasteiger partial charge in [0.1, 0.15) is 0 Å². The Bertz CT molecular complexity index is 762. The van der Waals surface area contributed by atoms with Gasteiger partial charge in [0.25, 0.3) is 0 Å². The lowest BCUT2D eigenvalue weighted by Crippen LogP contribution is -2.39. The van der Waals surface area contributed by atoms with Crippen molar-refractivity contribution in [1.82, 2.24) is 15.3 Å². The van der Waals surface area contributed by atoms with Gasteiger partial charge < -0.3 is 5.32 Å². The zero-order valence-electron chi connectivity index (χ0n) is 16.5. The SMILES string of the molecule is CSc1nc(C)c(CCC(=O)NCC2(c3ccccc3)CCCC2)c(C)n1. The van der Waals surface area contributed by atoms with Gasteiger partial charge in [0, 0.05) is 29.8 Å². The highest BCUT2D eigenvalue weighted by molar-refractivity contribution is 7.98. The third kappa shape index (κ3) is 4.70. The highest BCUT2D eigenvalue weighted by Crippen LogP contribution is 2.40. The number of nitrogens with zero attached hydrogens (tertiary/aromatic N) is 2. The number of thioether (sulfide) groups is 1. The van der Waals surface area contributed by atoms with Gasteiger partial charge in [0.2, 0.25) is 5.91 Å². The minimum atomic E-state index is 0.103. The smallest absolute Gasteiger partial charge is 0.220 e. The number of benzene rings is 1. The Labute approximate surface area is 166 Å². The molecule has 3 rings (SSSR count). The van der Waals surface area contributed by atoms with E-state index in [1.54, 1.807) is 11.8 Å². The quantitative estimate of drug-likeness (QED) is 0.569. The predicted octanol–water partition coefficient (Wildman–Crippen LogP) is 4.38. The summed E-state index contributed by atoms with van der Waals surface area (Å²) in [5, 5.41) is 4.01. The maximum atomic E-state index is 12.5. The predicted molar refractivity (Wildman–Crippen MR) is 111 cm³/mol. The molecule has 0 unspecified atom stereocenters. The molecule has 1 aromatic carbocycles. The summed E-state index contributed by atoms with van der Waals surface area (Å²) in [6.45, 7) is 4.74. The molecule has 1 amide bonds. The molecule has 1 fully saturated rings. The summed E-state index contributed by atoms with van der Waals surface area (Å²) in [5.41, 5.74) is 4.52. The van der Waals surface area contributed by atoms with Gasteiger partial charge in [-0.15, -0.1) is 0 Å². The van der Waals surface area contributed by atoms with Gasteiger partial charge in [0.05, 0.1) is 0 Å². The minimum Gasteiger partial charge on any atom is -0.355 e. The number of nitrogens with one attached hydrogen (secondary N) is 1. The van der Waals surface area contributed by atoms with Crippen LogP contribution in [0.25, 0.3) is 0 Å². The number of hydrogen-bond acceptors (Lipinski definition) is 4. The molecule has 0 spiro atoms. The van der Waals surface area contributed by atoms with E-state index in [1.807, 2.05) is 20.1 Å². The first kappa shape index (κ1) is 19.9. The van der Waals surface area contributed by atoms with E-state index in [1.165, 1.54) is 18.4 Å². The average molecular weight is 384 g/mol. The fourth-order valence-electron chi connectivity index (χ4n) is 4.17. The third-order valence-electron chi connectivity index (χ3n) is 5.76. The first-order valence-corrected chi connectivity index (χ1v) is 11.0. The molecule has 1 aliphatic rings. The van der Waals surface area contributed by atoms with E-state index >= 15 is 0 Å². The van der Waals surface area contributed by atoms with Crippen molar-refractivity contribution < 1.29 is 4.79 Å². The fourth-order valence-corrected chi connectivity index (χ4v) is 4.62. The molecule has 1 N–H and O–H groups in total. The standard InChI is InChI=1S/C22H29N3OS/c1-16-19(17(2)25-21(24-16)27-3)11-12-20(26)23-15-22(13-7-8-14-22)18-9-5-4-6-10-18/h4-6,9-10H,7-8,11-15H2,1-3H3,(H,23,26). The largest absolute Gasteiger partial charge is 0.355 e. The molecule has 0 radical (unpaired) electrons. The van der Waals surface area contributed by atoms with E-state index in [2.05, 4.69) is 45.6 Å².